The number of carbonyl (C=O) groups excluding carboxylic acids is 3. The molecule has 4 amide bonds. The zero-order valence-corrected chi connectivity index (χ0v) is 8.64. The third kappa shape index (κ3) is 1.46. The van der Waals surface area contributed by atoms with Gasteiger partial charge in [-0.25, -0.2) is 4.79 Å². The van der Waals surface area contributed by atoms with Crippen molar-refractivity contribution in [2.75, 3.05) is 7.11 Å². The molecule has 2 rings (SSSR count). The van der Waals surface area contributed by atoms with Gasteiger partial charge < -0.3 is 14.3 Å². The molecule has 8 heteroatoms. The molecule has 3 N–H and O–H groups in total. The molecule has 1 aliphatic heterocycles. The number of hydrogen-bond donors (Lipinski definition) is 3. The zero-order chi connectivity index (χ0) is 12.6. The van der Waals surface area contributed by atoms with Gasteiger partial charge in [0.05, 0.1) is 18.9 Å². The molecule has 1 fully saturated rings. The van der Waals surface area contributed by atoms with Crippen LogP contribution < -0.4 is 15.4 Å². The highest BCUT2D eigenvalue weighted by atomic mass is 16.6. The monoisotopic (exact) mass is 240 g/mol. The molecule has 0 aromatic carbocycles. The summed E-state index contributed by atoms with van der Waals surface area (Å²) in [6.07, 6.45) is 1.14. The number of aliphatic hydroxyl groups is 1. The Morgan fingerprint density at radius 3 is 2.41 bits per heavy atom. The topological polar surface area (TPSA) is 118 Å². The molecule has 0 radical (unpaired) electrons. The number of nitrogens with one attached hydrogen (secondary N) is 2. The van der Waals surface area contributed by atoms with Gasteiger partial charge in [0.15, 0.2) is 0 Å². The van der Waals surface area contributed by atoms with Crippen LogP contribution in [-0.4, -0.2) is 30.1 Å². The average Bonchev–Trinajstić information content (AvgIpc) is 2.74. The number of rotatable bonds is 2. The van der Waals surface area contributed by atoms with Crippen LogP contribution in [0.4, 0.5) is 4.79 Å². The molecular formula is C9H8N2O6. The Labute approximate surface area is 94.5 Å². The van der Waals surface area contributed by atoms with Crippen molar-refractivity contribution in [3.05, 3.63) is 17.9 Å². The van der Waals surface area contributed by atoms with E-state index in [1.54, 1.807) is 10.6 Å². The Morgan fingerprint density at radius 1 is 1.29 bits per heavy atom. The number of barbiturate groups is 1. The summed E-state index contributed by atoms with van der Waals surface area (Å²) in [5.74, 6) is -2.51. The van der Waals surface area contributed by atoms with Crippen molar-refractivity contribution in [2.45, 2.75) is 5.60 Å². The minimum absolute atomic E-state index is 0.178. The van der Waals surface area contributed by atoms with E-state index in [4.69, 9.17) is 9.15 Å². The molecule has 0 atom stereocenters. The number of ether oxygens (including phenoxy) is 1. The van der Waals surface area contributed by atoms with Crippen LogP contribution in [0.15, 0.2) is 16.7 Å². The van der Waals surface area contributed by atoms with Crippen molar-refractivity contribution in [1.82, 2.24) is 10.6 Å². The van der Waals surface area contributed by atoms with Crippen molar-refractivity contribution in [1.29, 1.82) is 0 Å². The van der Waals surface area contributed by atoms with E-state index in [0.717, 1.165) is 6.26 Å². The van der Waals surface area contributed by atoms with Gasteiger partial charge in [0.25, 0.3) is 23.4 Å². The molecule has 90 valence electrons. The highest BCUT2D eigenvalue weighted by molar-refractivity contribution is 6.21. The second kappa shape index (κ2) is 3.59. The Bertz CT molecular complexity index is 485. The largest absolute Gasteiger partial charge is 0.468 e. The molecule has 2 heterocycles. The Morgan fingerprint density at radius 2 is 1.88 bits per heavy atom. The number of furan rings is 1. The van der Waals surface area contributed by atoms with E-state index < -0.39 is 23.4 Å². The molecule has 1 aromatic rings. The van der Waals surface area contributed by atoms with Crippen LogP contribution in [0.1, 0.15) is 5.56 Å². The summed E-state index contributed by atoms with van der Waals surface area (Å²) in [6.45, 7) is 0. The standard InChI is InChI=1S/C9H8N2O6/c1-16-5-4(2-3-17-5)9(15)6(12)10-8(14)11-7(9)13/h2-3,15H,1H3,(H2,10,11,12,13,14). The lowest BCUT2D eigenvalue weighted by molar-refractivity contribution is -0.155. The summed E-state index contributed by atoms with van der Waals surface area (Å²) in [6, 6.07) is 0.209. The van der Waals surface area contributed by atoms with Gasteiger partial charge in [0.1, 0.15) is 0 Å². The molecule has 1 saturated heterocycles. The maximum absolute atomic E-state index is 11.6. The van der Waals surface area contributed by atoms with Crippen LogP contribution >= 0.6 is 0 Å². The lowest BCUT2D eigenvalue weighted by atomic mass is 9.92. The van der Waals surface area contributed by atoms with Gasteiger partial charge in [0.2, 0.25) is 0 Å². The smallest absolute Gasteiger partial charge is 0.328 e. The summed E-state index contributed by atoms with van der Waals surface area (Å²) in [7, 11) is 1.25. The molecule has 0 spiro atoms. The van der Waals surface area contributed by atoms with Crippen LogP contribution in [0.3, 0.4) is 0 Å². The molecule has 8 nitrogen and oxygen atoms in total. The maximum Gasteiger partial charge on any atom is 0.328 e. The first-order valence-electron chi connectivity index (χ1n) is 4.51. The van der Waals surface area contributed by atoms with E-state index >= 15 is 0 Å². The fraction of sp³-hybridized carbons (Fsp3) is 0.222. The first kappa shape index (κ1) is 11.1. The van der Waals surface area contributed by atoms with Gasteiger partial charge in [-0.1, -0.05) is 0 Å². The van der Waals surface area contributed by atoms with Gasteiger partial charge in [-0.3, -0.25) is 20.2 Å². The van der Waals surface area contributed by atoms with E-state index in [0.29, 0.717) is 0 Å². The van der Waals surface area contributed by atoms with Gasteiger partial charge in [0, 0.05) is 0 Å². The molecule has 0 saturated carbocycles. The highest BCUT2D eigenvalue weighted by Gasteiger charge is 2.53. The predicted octanol–water partition coefficient (Wildman–Crippen LogP) is -1.16. The van der Waals surface area contributed by atoms with E-state index in [1.165, 1.54) is 13.2 Å². The minimum Gasteiger partial charge on any atom is -0.468 e. The SMILES string of the molecule is COc1occc1C1(O)C(=O)NC(=O)NC1=O. The number of methoxy groups -OCH3 is 1. The van der Waals surface area contributed by atoms with Crippen LogP contribution in [0.2, 0.25) is 0 Å². The molecule has 0 unspecified atom stereocenters. The predicted molar refractivity (Wildman–Crippen MR) is 50.8 cm³/mol. The minimum atomic E-state index is -2.55. The molecule has 17 heavy (non-hydrogen) atoms. The zero-order valence-electron chi connectivity index (χ0n) is 8.64. The lowest BCUT2D eigenvalue weighted by Gasteiger charge is -2.28. The van der Waals surface area contributed by atoms with Gasteiger partial charge in [-0.2, -0.15) is 0 Å². The fourth-order valence-corrected chi connectivity index (χ4v) is 1.49. The number of carbonyl (C=O) groups is 3. The van der Waals surface area contributed by atoms with Crippen molar-refractivity contribution < 1.29 is 28.6 Å². The number of urea groups is 1. The van der Waals surface area contributed by atoms with Crippen LogP contribution in [0.5, 0.6) is 5.95 Å². The van der Waals surface area contributed by atoms with E-state index in [-0.39, 0.29) is 11.5 Å². The summed E-state index contributed by atoms with van der Waals surface area (Å²) < 4.78 is 9.58. The normalized spacial score (nSPS) is 18.6. The second-order valence-corrected chi connectivity index (χ2v) is 3.27. The van der Waals surface area contributed by atoms with Crippen LogP contribution in [0, 0.1) is 0 Å². The maximum atomic E-state index is 11.6. The van der Waals surface area contributed by atoms with Crippen molar-refractivity contribution in [2.24, 2.45) is 0 Å². The first-order chi connectivity index (χ1) is 8.00. The van der Waals surface area contributed by atoms with Crippen molar-refractivity contribution in [3.63, 3.8) is 0 Å². The summed E-state index contributed by atoms with van der Waals surface area (Å²) in [5.41, 5.74) is -2.73. The third-order valence-electron chi connectivity index (χ3n) is 2.32. The molecular weight excluding hydrogens is 232 g/mol. The Kier molecular flexibility index (Phi) is 2.36. The quantitative estimate of drug-likeness (QED) is 0.561. The van der Waals surface area contributed by atoms with E-state index in [1.807, 2.05) is 0 Å². The molecule has 1 aromatic heterocycles. The fourth-order valence-electron chi connectivity index (χ4n) is 1.49. The summed E-state index contributed by atoms with van der Waals surface area (Å²) in [4.78, 5) is 34.0. The van der Waals surface area contributed by atoms with Gasteiger partial charge in [-0.05, 0) is 6.07 Å². The Hall–Kier alpha value is -2.35. The van der Waals surface area contributed by atoms with Crippen LogP contribution in [0.25, 0.3) is 0 Å². The Balaban J connectivity index is 2.51. The van der Waals surface area contributed by atoms with E-state index in [9.17, 15) is 19.5 Å². The van der Waals surface area contributed by atoms with Crippen molar-refractivity contribution >= 4 is 17.8 Å². The first-order valence-corrected chi connectivity index (χ1v) is 4.51. The third-order valence-corrected chi connectivity index (χ3v) is 2.32. The van der Waals surface area contributed by atoms with Crippen molar-refractivity contribution in [3.8, 4) is 5.95 Å². The molecule has 0 bridgehead atoms. The summed E-state index contributed by atoms with van der Waals surface area (Å²) >= 11 is 0. The molecule has 1 aliphatic rings. The number of amides is 4. The van der Waals surface area contributed by atoms with Gasteiger partial charge in [-0.15, -0.1) is 0 Å². The van der Waals surface area contributed by atoms with Gasteiger partial charge >= 0.3 is 6.03 Å². The lowest BCUT2D eigenvalue weighted by Crippen LogP contribution is -2.64. The number of hydrogen-bond acceptors (Lipinski definition) is 6. The van der Waals surface area contributed by atoms with Crippen LogP contribution in [-0.2, 0) is 15.2 Å². The van der Waals surface area contributed by atoms with E-state index in [2.05, 4.69) is 0 Å². The number of imide groups is 2. The molecule has 0 aliphatic carbocycles. The summed E-state index contributed by atoms with van der Waals surface area (Å²) in [5, 5.41) is 13.6. The average molecular weight is 240 g/mol. The highest BCUT2D eigenvalue weighted by Crippen LogP contribution is 2.32. The second-order valence-electron chi connectivity index (χ2n) is 3.27.